The van der Waals surface area contributed by atoms with Crippen molar-refractivity contribution in [2.45, 2.75) is 13.5 Å². The number of nitriles is 1. The van der Waals surface area contributed by atoms with Gasteiger partial charge in [-0.25, -0.2) is 0 Å². The van der Waals surface area contributed by atoms with E-state index in [4.69, 9.17) is 9.47 Å². The molecule has 0 N–H and O–H groups in total. The Hall–Kier alpha value is -3.84. The van der Waals surface area contributed by atoms with Crippen LogP contribution in [-0.2, 0) is 6.61 Å². The number of carbonyl (C=O) groups is 1. The van der Waals surface area contributed by atoms with Crippen molar-refractivity contribution in [2.75, 3.05) is 7.11 Å². The molecule has 0 aliphatic heterocycles. The Balaban J connectivity index is 1.70. The molecule has 0 bridgehead atoms. The van der Waals surface area contributed by atoms with E-state index in [1.165, 1.54) is 12.7 Å². The van der Waals surface area contributed by atoms with E-state index in [2.05, 4.69) is 12.1 Å². The number of methoxy groups -OCH3 is 1. The summed E-state index contributed by atoms with van der Waals surface area (Å²) in [5.74, 6) is 0.953. The largest absolute Gasteiger partial charge is 0.497 e. The molecule has 0 saturated heterocycles. The van der Waals surface area contributed by atoms with Crippen LogP contribution in [-0.4, -0.2) is 12.9 Å². The van der Waals surface area contributed by atoms with Crippen molar-refractivity contribution in [1.82, 2.24) is 0 Å². The lowest BCUT2D eigenvalue weighted by Gasteiger charge is -2.07. The van der Waals surface area contributed by atoms with Gasteiger partial charge in [0.1, 0.15) is 29.7 Å². The van der Waals surface area contributed by atoms with E-state index in [0.29, 0.717) is 17.9 Å². The van der Waals surface area contributed by atoms with Gasteiger partial charge in [0.25, 0.3) is 0 Å². The van der Waals surface area contributed by atoms with Crippen LogP contribution in [0.3, 0.4) is 0 Å². The second-order valence-corrected chi connectivity index (χ2v) is 6.57. The van der Waals surface area contributed by atoms with Crippen LogP contribution < -0.4 is 9.47 Å². The molecule has 3 aromatic rings. The van der Waals surface area contributed by atoms with E-state index in [-0.39, 0.29) is 11.4 Å². The van der Waals surface area contributed by atoms with Crippen molar-refractivity contribution in [3.05, 3.63) is 101 Å². The van der Waals surface area contributed by atoms with E-state index in [1.807, 2.05) is 49.4 Å². The number of rotatable bonds is 7. The van der Waals surface area contributed by atoms with E-state index in [1.54, 1.807) is 30.3 Å². The Morgan fingerprint density at radius 2 is 1.72 bits per heavy atom. The van der Waals surface area contributed by atoms with E-state index < -0.39 is 0 Å². The van der Waals surface area contributed by atoms with Crippen LogP contribution in [0.25, 0.3) is 6.08 Å². The van der Waals surface area contributed by atoms with Crippen LogP contribution in [0.2, 0.25) is 0 Å². The molecule has 4 nitrogen and oxygen atoms in total. The maximum Gasteiger partial charge on any atom is 0.203 e. The first-order chi connectivity index (χ1) is 14.1. The summed E-state index contributed by atoms with van der Waals surface area (Å²) in [6, 6.07) is 24.2. The molecule has 3 aromatic carbocycles. The quantitative estimate of drug-likeness (QED) is 0.312. The molecule has 0 fully saturated rings. The van der Waals surface area contributed by atoms with Gasteiger partial charge in [0, 0.05) is 5.56 Å². The van der Waals surface area contributed by atoms with Crippen LogP contribution in [0.4, 0.5) is 0 Å². The van der Waals surface area contributed by atoms with E-state index >= 15 is 0 Å². The summed E-state index contributed by atoms with van der Waals surface area (Å²) >= 11 is 0. The van der Waals surface area contributed by atoms with E-state index in [9.17, 15) is 10.1 Å². The van der Waals surface area contributed by atoms with Gasteiger partial charge < -0.3 is 9.47 Å². The normalized spacial score (nSPS) is 10.9. The van der Waals surface area contributed by atoms with Crippen LogP contribution in [0.1, 0.15) is 27.0 Å². The molecule has 0 heterocycles. The third kappa shape index (κ3) is 5.33. The number of hydrogen-bond donors (Lipinski definition) is 0. The number of carbonyl (C=O) groups excluding carboxylic acids is 1. The Labute approximate surface area is 170 Å². The fourth-order valence-electron chi connectivity index (χ4n) is 2.75. The van der Waals surface area contributed by atoms with Crippen molar-refractivity contribution in [3.8, 4) is 17.6 Å². The smallest absolute Gasteiger partial charge is 0.203 e. The van der Waals surface area contributed by atoms with Gasteiger partial charge in [-0.05, 0) is 48.4 Å². The highest BCUT2D eigenvalue weighted by Crippen LogP contribution is 2.19. The molecule has 0 unspecified atom stereocenters. The SMILES string of the molecule is COc1cccc(C(=O)/C(C#N)=C/c2ccc(OCc3ccc(C)cc3)cc2)c1. The molecule has 0 aliphatic rings. The molecule has 4 heteroatoms. The Bertz CT molecular complexity index is 1060. The minimum absolute atomic E-state index is 0.0616. The summed E-state index contributed by atoms with van der Waals surface area (Å²) in [6.45, 7) is 2.53. The fourth-order valence-corrected chi connectivity index (χ4v) is 2.75. The second-order valence-electron chi connectivity index (χ2n) is 6.57. The molecule has 0 spiro atoms. The first-order valence-electron chi connectivity index (χ1n) is 9.18. The number of allylic oxidation sites excluding steroid dienone is 1. The molecule has 0 aromatic heterocycles. The van der Waals surface area contributed by atoms with E-state index in [0.717, 1.165) is 16.9 Å². The lowest BCUT2D eigenvalue weighted by Crippen LogP contribution is -2.02. The number of ether oxygens (including phenoxy) is 2. The summed E-state index contributed by atoms with van der Waals surface area (Å²) in [4.78, 5) is 12.6. The van der Waals surface area contributed by atoms with Crippen LogP contribution in [0.15, 0.2) is 78.4 Å². The molecule has 0 amide bonds. The maximum atomic E-state index is 12.6. The number of aryl methyl sites for hydroxylation is 1. The molecule has 29 heavy (non-hydrogen) atoms. The Kier molecular flexibility index (Phi) is 6.44. The van der Waals surface area contributed by atoms with Crippen LogP contribution >= 0.6 is 0 Å². The molecule has 3 rings (SSSR count). The lowest BCUT2D eigenvalue weighted by molar-refractivity contribution is 0.103. The van der Waals surface area contributed by atoms with Gasteiger partial charge in [-0.3, -0.25) is 4.79 Å². The van der Waals surface area contributed by atoms with Crippen molar-refractivity contribution in [2.24, 2.45) is 0 Å². The zero-order valence-corrected chi connectivity index (χ0v) is 16.4. The van der Waals surface area contributed by atoms with Gasteiger partial charge in [0.2, 0.25) is 5.78 Å². The van der Waals surface area contributed by atoms with Crippen molar-refractivity contribution in [1.29, 1.82) is 5.26 Å². The summed E-state index contributed by atoms with van der Waals surface area (Å²) in [5, 5.41) is 9.43. The maximum absolute atomic E-state index is 12.6. The monoisotopic (exact) mass is 383 g/mol. The minimum Gasteiger partial charge on any atom is -0.497 e. The third-order valence-electron chi connectivity index (χ3n) is 4.41. The topological polar surface area (TPSA) is 59.3 Å². The molecule has 0 atom stereocenters. The minimum atomic E-state index is -0.342. The Morgan fingerprint density at radius 1 is 1.00 bits per heavy atom. The highest BCUT2D eigenvalue weighted by Gasteiger charge is 2.13. The summed E-state index contributed by atoms with van der Waals surface area (Å²) in [7, 11) is 1.53. The molecule has 0 saturated carbocycles. The molecular weight excluding hydrogens is 362 g/mol. The highest BCUT2D eigenvalue weighted by molar-refractivity contribution is 6.14. The summed E-state index contributed by atoms with van der Waals surface area (Å²) in [6.07, 6.45) is 1.57. The van der Waals surface area contributed by atoms with Gasteiger partial charge in [-0.15, -0.1) is 0 Å². The average Bonchev–Trinajstić information content (AvgIpc) is 2.77. The number of nitrogens with zero attached hydrogens (tertiary/aromatic N) is 1. The fraction of sp³-hybridized carbons (Fsp3) is 0.120. The van der Waals surface area contributed by atoms with Crippen molar-refractivity contribution in [3.63, 3.8) is 0 Å². The predicted molar refractivity (Wildman–Crippen MR) is 113 cm³/mol. The zero-order chi connectivity index (χ0) is 20.6. The van der Waals surface area contributed by atoms with Gasteiger partial charge in [0.05, 0.1) is 7.11 Å². The average molecular weight is 383 g/mol. The molecule has 0 radical (unpaired) electrons. The zero-order valence-electron chi connectivity index (χ0n) is 16.4. The molecule has 144 valence electrons. The van der Waals surface area contributed by atoms with Crippen LogP contribution in [0.5, 0.6) is 11.5 Å². The third-order valence-corrected chi connectivity index (χ3v) is 4.41. The standard InChI is InChI=1S/C25H21NO3/c1-18-6-8-20(9-7-18)17-29-23-12-10-19(11-13-23)14-22(16-26)25(27)21-4-3-5-24(15-21)28-2/h3-15H,17H2,1-2H3/b22-14+. The summed E-state index contributed by atoms with van der Waals surface area (Å²) < 4.78 is 10.9. The van der Waals surface area contributed by atoms with Gasteiger partial charge in [-0.2, -0.15) is 5.26 Å². The second kappa shape index (κ2) is 9.38. The molecular formula is C25H21NO3. The van der Waals surface area contributed by atoms with Crippen molar-refractivity contribution >= 4 is 11.9 Å². The number of benzene rings is 3. The van der Waals surface area contributed by atoms with Crippen LogP contribution in [0, 0.1) is 18.3 Å². The number of hydrogen-bond acceptors (Lipinski definition) is 4. The summed E-state index contributed by atoms with van der Waals surface area (Å²) in [5.41, 5.74) is 3.53. The first kappa shape index (κ1) is 19.9. The van der Waals surface area contributed by atoms with Gasteiger partial charge >= 0.3 is 0 Å². The first-order valence-corrected chi connectivity index (χ1v) is 9.18. The van der Waals surface area contributed by atoms with Crippen molar-refractivity contribution < 1.29 is 14.3 Å². The molecule has 0 aliphatic carbocycles. The number of ketones is 1. The Morgan fingerprint density at radius 3 is 2.38 bits per heavy atom. The van der Waals surface area contributed by atoms with Gasteiger partial charge in [0.15, 0.2) is 0 Å². The predicted octanol–water partition coefficient (Wildman–Crippen LogP) is 5.37. The lowest BCUT2D eigenvalue weighted by atomic mass is 10.0. The van der Waals surface area contributed by atoms with Gasteiger partial charge in [-0.1, -0.05) is 54.1 Å². The number of Topliss-reactive ketones (excluding diaryl/α,β-unsaturated/α-hetero) is 1. The highest BCUT2D eigenvalue weighted by atomic mass is 16.5.